The summed E-state index contributed by atoms with van der Waals surface area (Å²) < 4.78 is 29.8. The number of hydrogen-bond acceptors (Lipinski definition) is 5. The number of aromatic nitrogens is 5. The molecule has 3 aromatic heterocycles. The number of nitrogens with one attached hydrogen (secondary N) is 2. The van der Waals surface area contributed by atoms with E-state index in [1.54, 1.807) is 13.1 Å². The molecule has 0 bridgehead atoms. The minimum absolute atomic E-state index is 0.0649. The van der Waals surface area contributed by atoms with Crippen LogP contribution >= 0.6 is 0 Å². The number of fused-ring (bicyclic) bond motifs is 3. The molecule has 0 amide bonds. The van der Waals surface area contributed by atoms with Gasteiger partial charge in [-0.15, -0.1) is 10.2 Å². The highest BCUT2D eigenvalue weighted by atomic mass is 32.2. The third-order valence-electron chi connectivity index (χ3n) is 5.62. The van der Waals surface area contributed by atoms with Gasteiger partial charge in [0.15, 0.2) is 11.3 Å². The molecule has 3 heterocycles. The predicted octanol–water partition coefficient (Wildman–Crippen LogP) is 2.21. The van der Waals surface area contributed by atoms with Crippen molar-refractivity contribution < 1.29 is 8.42 Å². The zero-order valence-corrected chi connectivity index (χ0v) is 16.0. The number of aromatic amines is 1. The quantitative estimate of drug-likeness (QED) is 0.710. The van der Waals surface area contributed by atoms with Crippen LogP contribution in [-0.4, -0.2) is 44.3 Å². The first-order chi connectivity index (χ1) is 12.4. The lowest BCUT2D eigenvalue weighted by Gasteiger charge is -2.17. The maximum atomic E-state index is 12.4. The molecule has 3 aromatic rings. The van der Waals surface area contributed by atoms with Crippen LogP contribution in [0.2, 0.25) is 0 Å². The Morgan fingerprint density at radius 1 is 1.38 bits per heavy atom. The van der Waals surface area contributed by atoms with Crippen LogP contribution in [0.25, 0.3) is 16.8 Å². The van der Waals surface area contributed by atoms with Gasteiger partial charge in [0.05, 0.1) is 17.0 Å². The zero-order valence-electron chi connectivity index (χ0n) is 15.2. The minimum atomic E-state index is -3.29. The molecule has 26 heavy (non-hydrogen) atoms. The lowest BCUT2D eigenvalue weighted by atomic mass is 9.97. The maximum Gasteiger partial charge on any atom is 0.214 e. The fourth-order valence-electron chi connectivity index (χ4n) is 3.91. The van der Waals surface area contributed by atoms with Gasteiger partial charge in [0, 0.05) is 18.2 Å². The molecular formula is C17H24N6O2S. The van der Waals surface area contributed by atoms with Crippen molar-refractivity contribution in [3.63, 3.8) is 0 Å². The summed E-state index contributed by atoms with van der Waals surface area (Å²) in [6.07, 6.45) is 5.69. The highest BCUT2D eigenvalue weighted by Gasteiger charge is 2.38. The Balaban J connectivity index is 1.65. The van der Waals surface area contributed by atoms with Crippen molar-refractivity contribution in [2.24, 2.45) is 5.92 Å². The Morgan fingerprint density at radius 3 is 2.96 bits per heavy atom. The molecule has 1 aliphatic rings. The molecular weight excluding hydrogens is 352 g/mol. The summed E-state index contributed by atoms with van der Waals surface area (Å²) in [5.41, 5.74) is 2.44. The Hall–Kier alpha value is -2.00. The van der Waals surface area contributed by atoms with Gasteiger partial charge in [0.25, 0.3) is 0 Å². The van der Waals surface area contributed by atoms with E-state index in [-0.39, 0.29) is 17.2 Å². The molecule has 1 saturated carbocycles. The van der Waals surface area contributed by atoms with Crippen molar-refractivity contribution in [1.82, 2.24) is 29.3 Å². The first-order valence-corrected chi connectivity index (χ1v) is 10.6. The van der Waals surface area contributed by atoms with Crippen LogP contribution in [0.5, 0.6) is 0 Å². The smallest absolute Gasteiger partial charge is 0.214 e. The summed E-state index contributed by atoms with van der Waals surface area (Å²) >= 11 is 0. The molecule has 4 atom stereocenters. The Bertz CT molecular complexity index is 1040. The van der Waals surface area contributed by atoms with Crippen LogP contribution in [0.15, 0.2) is 18.5 Å². The lowest BCUT2D eigenvalue weighted by molar-refractivity contribution is 0.505. The molecule has 0 spiro atoms. The molecule has 0 aromatic carbocycles. The van der Waals surface area contributed by atoms with Gasteiger partial charge in [-0.25, -0.2) is 18.1 Å². The van der Waals surface area contributed by atoms with Crippen LogP contribution < -0.4 is 4.72 Å². The average molecular weight is 376 g/mol. The predicted molar refractivity (Wildman–Crippen MR) is 99.4 cm³/mol. The molecule has 0 aliphatic heterocycles. The summed E-state index contributed by atoms with van der Waals surface area (Å²) in [4.78, 5) is 7.46. The van der Waals surface area contributed by atoms with Gasteiger partial charge in [-0.2, -0.15) is 0 Å². The third kappa shape index (κ3) is 2.79. The second-order valence-electron chi connectivity index (χ2n) is 7.36. The van der Waals surface area contributed by atoms with Gasteiger partial charge >= 0.3 is 0 Å². The summed E-state index contributed by atoms with van der Waals surface area (Å²) in [5.74, 6) is 1.34. The van der Waals surface area contributed by atoms with E-state index in [4.69, 9.17) is 0 Å². The number of sulfonamides is 1. The van der Waals surface area contributed by atoms with E-state index in [2.05, 4.69) is 31.8 Å². The summed E-state index contributed by atoms with van der Waals surface area (Å²) in [7, 11) is -3.29. The first kappa shape index (κ1) is 17.4. The molecule has 0 radical (unpaired) electrons. The summed E-state index contributed by atoms with van der Waals surface area (Å²) in [5, 5.41) is 8.31. The monoisotopic (exact) mass is 376 g/mol. The van der Waals surface area contributed by atoms with E-state index in [1.807, 2.05) is 23.6 Å². The molecule has 2 N–H and O–H groups in total. The second kappa shape index (κ2) is 6.31. The molecule has 9 heteroatoms. The highest BCUT2D eigenvalue weighted by molar-refractivity contribution is 7.90. The Morgan fingerprint density at radius 2 is 2.19 bits per heavy atom. The largest absolute Gasteiger partial charge is 0.345 e. The van der Waals surface area contributed by atoms with E-state index in [1.165, 1.54) is 0 Å². The van der Waals surface area contributed by atoms with Gasteiger partial charge in [0.2, 0.25) is 10.0 Å². The van der Waals surface area contributed by atoms with Gasteiger partial charge < -0.3 is 4.98 Å². The Kier molecular flexibility index (Phi) is 4.23. The SMILES string of the molecule is CCC(C)S(=O)(=O)N[C@H]1C[C@@H](C)[C@@H](c2nnc3cnc4[nH]ccc4n23)C1. The number of nitrogens with zero attached hydrogens (tertiary/aromatic N) is 4. The maximum absolute atomic E-state index is 12.4. The van der Waals surface area contributed by atoms with Crippen LogP contribution in [-0.2, 0) is 10.0 Å². The molecule has 0 saturated heterocycles. The zero-order chi connectivity index (χ0) is 18.5. The number of H-pyrrole nitrogens is 1. The van der Waals surface area contributed by atoms with Crippen molar-refractivity contribution in [1.29, 1.82) is 0 Å². The van der Waals surface area contributed by atoms with E-state index >= 15 is 0 Å². The minimum Gasteiger partial charge on any atom is -0.345 e. The molecule has 1 unspecified atom stereocenters. The van der Waals surface area contributed by atoms with Crippen LogP contribution in [0.3, 0.4) is 0 Å². The van der Waals surface area contributed by atoms with E-state index in [0.717, 1.165) is 29.8 Å². The highest BCUT2D eigenvalue weighted by Crippen LogP contribution is 2.39. The molecule has 1 fully saturated rings. The van der Waals surface area contributed by atoms with Crippen molar-refractivity contribution in [3.8, 4) is 0 Å². The van der Waals surface area contributed by atoms with Crippen molar-refractivity contribution >= 4 is 26.8 Å². The molecule has 4 rings (SSSR count). The van der Waals surface area contributed by atoms with E-state index < -0.39 is 10.0 Å². The standard InChI is InChI=1S/C17H24N6O2S/c1-4-11(3)26(24,25)22-12-7-10(2)13(8-12)17-21-20-15-9-19-16-14(23(15)17)5-6-18-16/h5-6,9-13,18,22H,4,7-8H2,1-3H3/t10-,11?,12+,13+/m1/s1. The average Bonchev–Trinajstić information content (AvgIpc) is 3.30. The van der Waals surface area contributed by atoms with Gasteiger partial charge in [-0.3, -0.25) is 4.40 Å². The summed E-state index contributed by atoms with van der Waals surface area (Å²) in [6, 6.07) is 1.90. The topological polar surface area (TPSA) is 105 Å². The van der Waals surface area contributed by atoms with Crippen LogP contribution in [0.4, 0.5) is 0 Å². The number of rotatable bonds is 5. The second-order valence-corrected chi connectivity index (χ2v) is 9.49. The summed E-state index contributed by atoms with van der Waals surface area (Å²) in [6.45, 7) is 5.79. The Labute approximate surface area is 152 Å². The molecule has 8 nitrogen and oxygen atoms in total. The van der Waals surface area contributed by atoms with Crippen LogP contribution in [0.1, 0.15) is 51.8 Å². The van der Waals surface area contributed by atoms with Gasteiger partial charge in [-0.1, -0.05) is 13.8 Å². The third-order valence-corrected chi connectivity index (χ3v) is 7.67. The fourth-order valence-corrected chi connectivity index (χ4v) is 5.24. The van der Waals surface area contributed by atoms with Crippen LogP contribution in [0, 0.1) is 5.92 Å². The van der Waals surface area contributed by atoms with Crippen molar-refractivity contribution in [2.75, 3.05) is 0 Å². The lowest BCUT2D eigenvalue weighted by Crippen LogP contribution is -2.38. The molecule has 1 aliphatic carbocycles. The normalized spacial score (nSPS) is 25.3. The van der Waals surface area contributed by atoms with Crippen molar-refractivity contribution in [3.05, 3.63) is 24.3 Å². The van der Waals surface area contributed by atoms with Gasteiger partial charge in [0.1, 0.15) is 5.82 Å². The van der Waals surface area contributed by atoms with E-state index in [9.17, 15) is 8.42 Å². The molecule has 140 valence electrons. The van der Waals surface area contributed by atoms with E-state index in [0.29, 0.717) is 18.0 Å². The van der Waals surface area contributed by atoms with Crippen molar-refractivity contribution in [2.45, 2.75) is 57.2 Å². The first-order valence-electron chi connectivity index (χ1n) is 9.09. The van der Waals surface area contributed by atoms with Gasteiger partial charge in [-0.05, 0) is 38.2 Å². The number of hydrogen-bond donors (Lipinski definition) is 2. The fraction of sp³-hybridized carbons (Fsp3) is 0.588.